The molecule has 0 aromatic heterocycles. The zero-order valence-corrected chi connectivity index (χ0v) is 5.55. The maximum absolute atomic E-state index is 4.75. The fourth-order valence-electron chi connectivity index (χ4n) is 0.318. The highest BCUT2D eigenvalue weighted by Gasteiger charge is 2.00. The second kappa shape index (κ2) is 4.50. The van der Waals surface area contributed by atoms with Gasteiger partial charge in [-0.3, -0.25) is 0 Å². The lowest BCUT2D eigenvalue weighted by atomic mass is 10.8. The Hall–Kier alpha value is -0.660. The SMILES string of the molecule is CC.CC1OC=CO1. The van der Waals surface area contributed by atoms with Crippen molar-refractivity contribution in [3.8, 4) is 0 Å². The molecule has 0 aliphatic carbocycles. The largest absolute Gasteiger partial charge is 0.460 e. The molecule has 1 heterocycles. The molecule has 1 rings (SSSR count). The molecular formula is C6H12O2. The van der Waals surface area contributed by atoms with Crippen molar-refractivity contribution >= 4 is 0 Å². The van der Waals surface area contributed by atoms with Gasteiger partial charge in [0.15, 0.2) is 0 Å². The molecule has 0 amide bonds. The van der Waals surface area contributed by atoms with Crippen LogP contribution in [-0.2, 0) is 9.47 Å². The van der Waals surface area contributed by atoms with Gasteiger partial charge >= 0.3 is 0 Å². The van der Waals surface area contributed by atoms with Crippen LogP contribution in [0.4, 0.5) is 0 Å². The van der Waals surface area contributed by atoms with Crippen LogP contribution in [0.25, 0.3) is 0 Å². The van der Waals surface area contributed by atoms with Gasteiger partial charge in [-0.05, 0) is 0 Å². The van der Waals surface area contributed by atoms with Crippen molar-refractivity contribution in [3.05, 3.63) is 12.5 Å². The van der Waals surface area contributed by atoms with Crippen LogP contribution < -0.4 is 0 Å². The Kier molecular flexibility index (Phi) is 4.13. The molecule has 2 nitrogen and oxygen atoms in total. The molecule has 0 aromatic carbocycles. The molecule has 0 atom stereocenters. The van der Waals surface area contributed by atoms with Crippen LogP contribution in [0.2, 0.25) is 0 Å². The molecular weight excluding hydrogens is 104 g/mol. The van der Waals surface area contributed by atoms with Crippen LogP contribution in [0, 0.1) is 0 Å². The van der Waals surface area contributed by atoms with E-state index in [2.05, 4.69) is 0 Å². The van der Waals surface area contributed by atoms with E-state index < -0.39 is 0 Å². The van der Waals surface area contributed by atoms with Gasteiger partial charge in [-0.2, -0.15) is 0 Å². The Morgan fingerprint density at radius 1 is 1.12 bits per heavy atom. The first-order chi connectivity index (χ1) is 3.89. The molecule has 0 spiro atoms. The molecule has 0 saturated carbocycles. The van der Waals surface area contributed by atoms with Crippen LogP contribution in [0.3, 0.4) is 0 Å². The third kappa shape index (κ3) is 2.50. The monoisotopic (exact) mass is 116 g/mol. The van der Waals surface area contributed by atoms with Crippen LogP contribution in [0.1, 0.15) is 20.8 Å². The van der Waals surface area contributed by atoms with Crippen molar-refractivity contribution in [1.29, 1.82) is 0 Å². The standard InChI is InChI=1S/C4H6O2.C2H6/c1-4-5-2-3-6-4;1-2/h2-4H,1H3;1-2H3. The topological polar surface area (TPSA) is 18.5 Å². The number of ether oxygens (including phenoxy) is 2. The summed E-state index contributed by atoms with van der Waals surface area (Å²) >= 11 is 0. The second-order valence-electron chi connectivity index (χ2n) is 1.11. The van der Waals surface area contributed by atoms with E-state index in [1.807, 2.05) is 20.8 Å². The summed E-state index contributed by atoms with van der Waals surface area (Å²) in [6.07, 6.45) is 3.00. The van der Waals surface area contributed by atoms with Gasteiger partial charge in [0, 0.05) is 6.92 Å². The second-order valence-corrected chi connectivity index (χ2v) is 1.11. The number of rotatable bonds is 0. The number of hydrogen-bond acceptors (Lipinski definition) is 2. The zero-order valence-electron chi connectivity index (χ0n) is 5.55. The molecule has 1 aliphatic heterocycles. The minimum atomic E-state index is -0.0648. The van der Waals surface area contributed by atoms with Gasteiger partial charge in [-0.15, -0.1) is 0 Å². The lowest BCUT2D eigenvalue weighted by Gasteiger charge is -1.98. The van der Waals surface area contributed by atoms with E-state index in [1.54, 1.807) is 0 Å². The molecule has 0 N–H and O–H groups in total. The van der Waals surface area contributed by atoms with Gasteiger partial charge in [0.2, 0.25) is 6.29 Å². The number of hydrogen-bond donors (Lipinski definition) is 0. The highest BCUT2D eigenvalue weighted by Crippen LogP contribution is 2.01. The van der Waals surface area contributed by atoms with E-state index in [0.717, 1.165) is 0 Å². The predicted molar refractivity (Wildman–Crippen MR) is 32.1 cm³/mol. The quantitative estimate of drug-likeness (QED) is 0.481. The van der Waals surface area contributed by atoms with Crippen LogP contribution >= 0.6 is 0 Å². The van der Waals surface area contributed by atoms with Gasteiger partial charge in [-0.25, -0.2) is 0 Å². The summed E-state index contributed by atoms with van der Waals surface area (Å²) < 4.78 is 9.50. The van der Waals surface area contributed by atoms with E-state index >= 15 is 0 Å². The van der Waals surface area contributed by atoms with Gasteiger partial charge in [0.05, 0.1) is 0 Å². The van der Waals surface area contributed by atoms with Crippen LogP contribution in [0.15, 0.2) is 12.5 Å². The van der Waals surface area contributed by atoms with Crippen molar-refractivity contribution in [3.63, 3.8) is 0 Å². The maximum atomic E-state index is 4.75. The van der Waals surface area contributed by atoms with Gasteiger partial charge in [0.1, 0.15) is 12.5 Å². The van der Waals surface area contributed by atoms with Crippen molar-refractivity contribution in [2.24, 2.45) is 0 Å². The first kappa shape index (κ1) is 7.34. The summed E-state index contributed by atoms with van der Waals surface area (Å²) in [5.74, 6) is 0. The molecule has 0 saturated heterocycles. The normalized spacial score (nSPS) is 15.9. The van der Waals surface area contributed by atoms with Gasteiger partial charge < -0.3 is 9.47 Å². The van der Waals surface area contributed by atoms with Crippen LogP contribution in [-0.4, -0.2) is 6.29 Å². The first-order valence-corrected chi connectivity index (χ1v) is 2.85. The Bertz CT molecular complexity index is 60.9. The van der Waals surface area contributed by atoms with E-state index in [0.29, 0.717) is 0 Å². The van der Waals surface area contributed by atoms with Gasteiger partial charge in [0.25, 0.3) is 0 Å². The molecule has 8 heavy (non-hydrogen) atoms. The van der Waals surface area contributed by atoms with Crippen molar-refractivity contribution in [2.75, 3.05) is 0 Å². The predicted octanol–water partition coefficient (Wildman–Crippen LogP) is 1.88. The summed E-state index contributed by atoms with van der Waals surface area (Å²) in [6.45, 7) is 5.83. The minimum absolute atomic E-state index is 0.0648. The highest BCUT2D eigenvalue weighted by molar-refractivity contribution is 4.67. The minimum Gasteiger partial charge on any atom is -0.460 e. The Balaban J connectivity index is 0.000000222. The van der Waals surface area contributed by atoms with E-state index in [4.69, 9.17) is 9.47 Å². The van der Waals surface area contributed by atoms with E-state index in [1.165, 1.54) is 12.5 Å². The molecule has 2 heteroatoms. The summed E-state index contributed by atoms with van der Waals surface area (Å²) in [7, 11) is 0. The molecule has 0 aromatic rings. The molecule has 48 valence electrons. The maximum Gasteiger partial charge on any atom is 0.236 e. The molecule has 0 fully saturated rings. The molecule has 1 aliphatic rings. The lowest BCUT2D eigenvalue weighted by molar-refractivity contribution is -0.00563. The average molecular weight is 116 g/mol. The first-order valence-electron chi connectivity index (χ1n) is 2.85. The molecule has 0 radical (unpaired) electrons. The van der Waals surface area contributed by atoms with E-state index in [-0.39, 0.29) is 6.29 Å². The fraction of sp³-hybridized carbons (Fsp3) is 0.667. The van der Waals surface area contributed by atoms with E-state index in [9.17, 15) is 0 Å². The third-order valence-corrected chi connectivity index (χ3v) is 0.596. The lowest BCUT2D eigenvalue weighted by Crippen LogP contribution is -1.97. The fourth-order valence-corrected chi connectivity index (χ4v) is 0.318. The zero-order chi connectivity index (χ0) is 6.41. The Morgan fingerprint density at radius 3 is 1.62 bits per heavy atom. The summed E-state index contributed by atoms with van der Waals surface area (Å²) in [5, 5.41) is 0. The average Bonchev–Trinajstić information content (AvgIpc) is 2.24. The smallest absolute Gasteiger partial charge is 0.236 e. The van der Waals surface area contributed by atoms with Crippen molar-refractivity contribution in [1.82, 2.24) is 0 Å². The third-order valence-electron chi connectivity index (χ3n) is 0.596. The summed E-state index contributed by atoms with van der Waals surface area (Å²) in [5.41, 5.74) is 0. The van der Waals surface area contributed by atoms with Crippen molar-refractivity contribution < 1.29 is 9.47 Å². The van der Waals surface area contributed by atoms with Crippen molar-refractivity contribution in [2.45, 2.75) is 27.1 Å². The molecule has 0 unspecified atom stereocenters. The highest BCUT2D eigenvalue weighted by atomic mass is 16.7. The Morgan fingerprint density at radius 2 is 1.50 bits per heavy atom. The summed E-state index contributed by atoms with van der Waals surface area (Å²) in [6, 6.07) is 0. The Labute approximate surface area is 50.1 Å². The molecule has 0 bridgehead atoms. The van der Waals surface area contributed by atoms with Gasteiger partial charge in [-0.1, -0.05) is 13.8 Å². The summed E-state index contributed by atoms with van der Waals surface area (Å²) in [4.78, 5) is 0. The van der Waals surface area contributed by atoms with Crippen LogP contribution in [0.5, 0.6) is 0 Å².